The van der Waals surface area contributed by atoms with Crippen molar-refractivity contribution in [3.8, 4) is 0 Å². The highest BCUT2D eigenvalue weighted by Gasteiger charge is 2.17. The molecule has 0 saturated heterocycles. The molecule has 2 rings (SSSR count). The minimum atomic E-state index is -0.211. The summed E-state index contributed by atoms with van der Waals surface area (Å²) in [5, 5.41) is 5.60. The molecule has 33 heavy (non-hydrogen) atoms. The minimum absolute atomic E-state index is 0.0654. The average molecular weight is 454 g/mol. The van der Waals surface area contributed by atoms with Crippen LogP contribution in [0.25, 0.3) is 0 Å². The molecule has 8 nitrogen and oxygen atoms in total. The second-order valence-electron chi connectivity index (χ2n) is 7.92. The predicted molar refractivity (Wildman–Crippen MR) is 131 cm³/mol. The number of aromatic nitrogens is 1. The number of hydrogen-bond acceptors (Lipinski definition) is 4. The van der Waals surface area contributed by atoms with Gasteiger partial charge in [-0.05, 0) is 48.9 Å². The summed E-state index contributed by atoms with van der Waals surface area (Å²) in [6, 6.07) is 7.55. The quantitative estimate of drug-likeness (QED) is 0.142. The van der Waals surface area contributed by atoms with Crippen molar-refractivity contribution in [2.24, 2.45) is 10.7 Å². The van der Waals surface area contributed by atoms with Crippen molar-refractivity contribution in [1.82, 2.24) is 15.6 Å². The molecule has 5 N–H and O–H groups in total. The number of unbranched alkanes of at least 4 members (excludes halogenated alkanes) is 6. The Morgan fingerprint density at radius 3 is 2.36 bits per heavy atom. The fourth-order valence-electron chi connectivity index (χ4n) is 3.67. The molecule has 0 spiro atoms. The summed E-state index contributed by atoms with van der Waals surface area (Å²) in [6.07, 6.45) is 12.3. The van der Waals surface area contributed by atoms with Gasteiger partial charge in [-0.25, -0.2) is 4.99 Å². The number of carbonyl (C=O) groups excluding carboxylic acids is 3. The van der Waals surface area contributed by atoms with Crippen molar-refractivity contribution >= 4 is 30.3 Å². The molecule has 0 atom stereocenters. The van der Waals surface area contributed by atoms with Crippen LogP contribution in [0.15, 0.2) is 35.5 Å². The van der Waals surface area contributed by atoms with Crippen molar-refractivity contribution in [2.75, 3.05) is 13.6 Å². The maximum absolute atomic E-state index is 12.3. The minimum Gasteiger partial charge on any atom is -0.390 e. The van der Waals surface area contributed by atoms with Gasteiger partial charge in [0.15, 0.2) is 0 Å². The van der Waals surface area contributed by atoms with E-state index in [0.29, 0.717) is 36.3 Å². The molecule has 0 bridgehead atoms. The van der Waals surface area contributed by atoms with Gasteiger partial charge in [-0.15, -0.1) is 0 Å². The van der Waals surface area contributed by atoms with Crippen LogP contribution >= 0.6 is 0 Å². The SMILES string of the molecule is CNC(=O)c1c(CCc2ccc(C(=O)NCCCCCCCCC=O)cc2)c[nH]c1/N=C\N. The van der Waals surface area contributed by atoms with Crippen LogP contribution in [0.1, 0.15) is 76.8 Å². The monoisotopic (exact) mass is 453 g/mol. The molecular weight excluding hydrogens is 418 g/mol. The largest absolute Gasteiger partial charge is 0.390 e. The van der Waals surface area contributed by atoms with E-state index in [1.54, 1.807) is 13.2 Å². The second kappa shape index (κ2) is 14.6. The number of benzene rings is 1. The van der Waals surface area contributed by atoms with Crippen molar-refractivity contribution < 1.29 is 14.4 Å². The summed E-state index contributed by atoms with van der Waals surface area (Å²) < 4.78 is 0. The van der Waals surface area contributed by atoms with E-state index in [9.17, 15) is 14.4 Å². The zero-order valence-electron chi connectivity index (χ0n) is 19.4. The lowest BCUT2D eigenvalue weighted by atomic mass is 10.0. The first-order valence-corrected chi connectivity index (χ1v) is 11.6. The Bertz CT molecular complexity index is 919. The molecule has 0 fully saturated rings. The van der Waals surface area contributed by atoms with Crippen LogP contribution in [0.5, 0.6) is 0 Å². The van der Waals surface area contributed by atoms with E-state index in [1.807, 2.05) is 24.3 Å². The third kappa shape index (κ3) is 8.56. The topological polar surface area (TPSA) is 129 Å². The van der Waals surface area contributed by atoms with Gasteiger partial charge in [-0.1, -0.05) is 37.8 Å². The Morgan fingerprint density at radius 1 is 1.00 bits per heavy atom. The number of aryl methyl sites for hydroxylation is 2. The van der Waals surface area contributed by atoms with E-state index in [1.165, 1.54) is 0 Å². The number of nitrogens with two attached hydrogens (primary N) is 1. The number of nitrogens with zero attached hydrogens (tertiary/aromatic N) is 1. The van der Waals surface area contributed by atoms with Gasteiger partial charge in [-0.2, -0.15) is 0 Å². The maximum Gasteiger partial charge on any atom is 0.255 e. The molecule has 1 aromatic heterocycles. The molecule has 0 saturated carbocycles. The molecular formula is C25H35N5O3. The molecule has 8 heteroatoms. The lowest BCUT2D eigenvalue weighted by Gasteiger charge is -2.07. The number of carbonyl (C=O) groups is 3. The molecule has 1 aromatic carbocycles. The van der Waals surface area contributed by atoms with Crippen LogP contribution in [-0.4, -0.2) is 43.0 Å². The predicted octanol–water partition coefficient (Wildman–Crippen LogP) is 3.44. The van der Waals surface area contributed by atoms with Crippen LogP contribution in [-0.2, 0) is 17.6 Å². The summed E-state index contributed by atoms with van der Waals surface area (Å²) in [5.74, 6) is 0.165. The highest BCUT2D eigenvalue weighted by atomic mass is 16.2. The summed E-state index contributed by atoms with van der Waals surface area (Å²) in [7, 11) is 1.58. The Labute approximate surface area is 195 Å². The van der Waals surface area contributed by atoms with Crippen LogP contribution in [0.2, 0.25) is 0 Å². The number of nitrogens with one attached hydrogen (secondary N) is 3. The molecule has 178 valence electrons. The van der Waals surface area contributed by atoms with E-state index in [0.717, 1.165) is 68.7 Å². The smallest absolute Gasteiger partial charge is 0.255 e. The van der Waals surface area contributed by atoms with Gasteiger partial charge in [0.25, 0.3) is 11.8 Å². The number of aromatic amines is 1. The molecule has 0 aliphatic heterocycles. The second-order valence-corrected chi connectivity index (χ2v) is 7.92. The first-order chi connectivity index (χ1) is 16.1. The van der Waals surface area contributed by atoms with Crippen molar-refractivity contribution in [1.29, 1.82) is 0 Å². The lowest BCUT2D eigenvalue weighted by Crippen LogP contribution is -2.24. The summed E-state index contributed by atoms with van der Waals surface area (Å²) in [6.45, 7) is 0.665. The first-order valence-electron chi connectivity index (χ1n) is 11.6. The summed E-state index contributed by atoms with van der Waals surface area (Å²) in [4.78, 5) is 41.8. The highest BCUT2D eigenvalue weighted by molar-refractivity contribution is 6.00. The molecule has 0 radical (unpaired) electrons. The van der Waals surface area contributed by atoms with Gasteiger partial charge in [0.2, 0.25) is 0 Å². The molecule has 2 amide bonds. The zero-order chi connectivity index (χ0) is 23.9. The van der Waals surface area contributed by atoms with E-state index >= 15 is 0 Å². The number of H-pyrrole nitrogens is 1. The molecule has 0 aliphatic rings. The van der Waals surface area contributed by atoms with E-state index in [2.05, 4.69) is 20.6 Å². The number of hydrogen-bond donors (Lipinski definition) is 4. The Kier molecular flexibility index (Phi) is 11.4. The highest BCUT2D eigenvalue weighted by Crippen LogP contribution is 2.23. The van der Waals surface area contributed by atoms with Gasteiger partial charge in [0.1, 0.15) is 12.1 Å². The fraction of sp³-hybridized carbons (Fsp3) is 0.440. The van der Waals surface area contributed by atoms with E-state index < -0.39 is 0 Å². The average Bonchev–Trinajstić information content (AvgIpc) is 3.24. The van der Waals surface area contributed by atoms with Crippen LogP contribution in [0.4, 0.5) is 5.82 Å². The fourth-order valence-corrected chi connectivity index (χ4v) is 3.67. The van der Waals surface area contributed by atoms with Crippen LogP contribution in [0.3, 0.4) is 0 Å². The number of rotatable bonds is 15. The standard InChI is InChI=1S/C25H35N5O3/c1-27-25(33)22-21(17-29-23(22)30-18-26)14-11-19-9-12-20(13-10-19)24(32)28-15-7-5-3-2-4-6-8-16-31/h9-10,12-13,16-18,29H,2-8,11,14-15H2,1H3,(H2,26,30)(H,27,33)(H,28,32). The van der Waals surface area contributed by atoms with Crippen LogP contribution < -0.4 is 16.4 Å². The third-order valence-electron chi connectivity index (χ3n) is 5.53. The van der Waals surface area contributed by atoms with E-state index in [4.69, 9.17) is 5.73 Å². The number of amides is 2. The Morgan fingerprint density at radius 2 is 1.70 bits per heavy atom. The third-order valence-corrected chi connectivity index (χ3v) is 5.53. The molecule has 0 aliphatic carbocycles. The van der Waals surface area contributed by atoms with Crippen molar-refractivity contribution in [2.45, 2.75) is 57.8 Å². The van der Waals surface area contributed by atoms with Gasteiger partial charge >= 0.3 is 0 Å². The maximum atomic E-state index is 12.3. The van der Waals surface area contributed by atoms with Gasteiger partial charge < -0.3 is 26.1 Å². The zero-order valence-corrected chi connectivity index (χ0v) is 19.4. The van der Waals surface area contributed by atoms with Crippen LogP contribution in [0, 0.1) is 0 Å². The van der Waals surface area contributed by atoms with Gasteiger partial charge in [0.05, 0.1) is 11.9 Å². The van der Waals surface area contributed by atoms with Crippen molar-refractivity contribution in [3.05, 3.63) is 52.7 Å². The summed E-state index contributed by atoms with van der Waals surface area (Å²) in [5.41, 5.74) is 8.44. The molecule has 1 heterocycles. The summed E-state index contributed by atoms with van der Waals surface area (Å²) >= 11 is 0. The Balaban J connectivity index is 1.77. The number of aldehydes is 1. The first kappa shape index (κ1) is 25.8. The molecule has 0 unspecified atom stereocenters. The van der Waals surface area contributed by atoms with Crippen molar-refractivity contribution in [3.63, 3.8) is 0 Å². The Hall–Kier alpha value is -3.42. The molecule has 2 aromatic rings. The normalized spacial score (nSPS) is 10.9. The number of aliphatic imine (C=N–C) groups is 1. The van der Waals surface area contributed by atoms with Gasteiger partial charge in [-0.3, -0.25) is 9.59 Å². The van der Waals surface area contributed by atoms with E-state index in [-0.39, 0.29) is 11.8 Å². The van der Waals surface area contributed by atoms with Gasteiger partial charge in [0, 0.05) is 31.8 Å². The lowest BCUT2D eigenvalue weighted by molar-refractivity contribution is -0.107.